The third-order valence-electron chi connectivity index (χ3n) is 4.21. The fourth-order valence-corrected chi connectivity index (χ4v) is 2.80. The van der Waals surface area contributed by atoms with E-state index in [4.69, 9.17) is 4.43 Å². The van der Waals surface area contributed by atoms with E-state index < -0.39 is 8.32 Å². The SMILES string of the molecule is CCc1cc(CC)n(CCO[Si](C)(C)C(C)(C)C)n1. The van der Waals surface area contributed by atoms with E-state index >= 15 is 0 Å². The Balaban J connectivity index is 2.60. The third-order valence-corrected chi connectivity index (χ3v) is 8.75. The smallest absolute Gasteiger partial charge is 0.192 e. The van der Waals surface area contributed by atoms with Gasteiger partial charge in [0.05, 0.1) is 18.8 Å². The number of rotatable bonds is 6. The molecule has 0 amide bonds. The number of hydrogen-bond donors (Lipinski definition) is 0. The lowest BCUT2D eigenvalue weighted by Crippen LogP contribution is -2.41. The summed E-state index contributed by atoms with van der Waals surface area (Å²) >= 11 is 0. The molecule has 1 aromatic rings. The molecule has 110 valence electrons. The van der Waals surface area contributed by atoms with E-state index in [-0.39, 0.29) is 5.04 Å². The zero-order chi connectivity index (χ0) is 14.7. The van der Waals surface area contributed by atoms with Gasteiger partial charge in [0.25, 0.3) is 0 Å². The second kappa shape index (κ2) is 6.22. The van der Waals surface area contributed by atoms with Crippen molar-refractivity contribution in [3.8, 4) is 0 Å². The van der Waals surface area contributed by atoms with Crippen molar-refractivity contribution in [2.45, 2.75) is 72.1 Å². The summed E-state index contributed by atoms with van der Waals surface area (Å²) in [4.78, 5) is 0. The molecule has 0 atom stereocenters. The molecule has 0 bridgehead atoms. The van der Waals surface area contributed by atoms with E-state index in [1.807, 2.05) is 0 Å². The van der Waals surface area contributed by atoms with Crippen molar-refractivity contribution in [2.75, 3.05) is 6.61 Å². The van der Waals surface area contributed by atoms with Crippen LogP contribution in [0.3, 0.4) is 0 Å². The van der Waals surface area contributed by atoms with E-state index in [0.29, 0.717) is 0 Å². The van der Waals surface area contributed by atoms with Crippen molar-refractivity contribution >= 4 is 8.32 Å². The van der Waals surface area contributed by atoms with Gasteiger partial charge in [-0.15, -0.1) is 0 Å². The molecule has 0 fully saturated rings. The average molecular weight is 283 g/mol. The summed E-state index contributed by atoms with van der Waals surface area (Å²) in [6, 6.07) is 2.21. The molecule has 0 saturated carbocycles. The predicted octanol–water partition coefficient (Wildman–Crippen LogP) is 4.03. The molecule has 0 N–H and O–H groups in total. The van der Waals surface area contributed by atoms with E-state index in [1.54, 1.807) is 0 Å². The zero-order valence-corrected chi connectivity index (χ0v) is 14.7. The van der Waals surface area contributed by atoms with Crippen LogP contribution in [0.1, 0.15) is 46.0 Å². The lowest BCUT2D eigenvalue weighted by atomic mass is 10.2. The van der Waals surface area contributed by atoms with Crippen molar-refractivity contribution in [3.05, 3.63) is 17.5 Å². The lowest BCUT2D eigenvalue weighted by molar-refractivity contribution is 0.264. The minimum atomic E-state index is -1.63. The minimum Gasteiger partial charge on any atom is -0.415 e. The van der Waals surface area contributed by atoms with Crippen molar-refractivity contribution < 1.29 is 4.43 Å². The van der Waals surface area contributed by atoms with Gasteiger partial charge in [0.2, 0.25) is 0 Å². The highest BCUT2D eigenvalue weighted by Crippen LogP contribution is 2.36. The molecule has 1 rings (SSSR count). The Labute approximate surface area is 119 Å². The summed E-state index contributed by atoms with van der Waals surface area (Å²) in [5, 5.41) is 4.91. The van der Waals surface area contributed by atoms with Gasteiger partial charge in [-0.1, -0.05) is 34.6 Å². The molecule has 4 heteroatoms. The van der Waals surface area contributed by atoms with E-state index in [9.17, 15) is 0 Å². The van der Waals surface area contributed by atoms with Gasteiger partial charge >= 0.3 is 0 Å². The van der Waals surface area contributed by atoms with Gasteiger partial charge in [-0.3, -0.25) is 4.68 Å². The quantitative estimate of drug-likeness (QED) is 0.737. The molecule has 19 heavy (non-hydrogen) atoms. The van der Waals surface area contributed by atoms with Crippen molar-refractivity contribution in [1.29, 1.82) is 0 Å². The predicted molar refractivity (Wildman–Crippen MR) is 84.1 cm³/mol. The van der Waals surface area contributed by atoms with Crippen molar-refractivity contribution in [3.63, 3.8) is 0 Å². The lowest BCUT2D eigenvalue weighted by Gasteiger charge is -2.36. The fraction of sp³-hybridized carbons (Fsp3) is 0.800. The fourth-order valence-electron chi connectivity index (χ4n) is 1.77. The Bertz CT molecular complexity index is 405. The Kier molecular flexibility index (Phi) is 5.39. The van der Waals surface area contributed by atoms with E-state index in [1.165, 1.54) is 11.4 Å². The first kappa shape index (κ1) is 16.4. The second-order valence-electron chi connectivity index (χ2n) is 6.67. The van der Waals surface area contributed by atoms with Gasteiger partial charge in [0.1, 0.15) is 0 Å². The topological polar surface area (TPSA) is 27.1 Å². The van der Waals surface area contributed by atoms with Crippen LogP contribution in [0.15, 0.2) is 6.07 Å². The summed E-state index contributed by atoms with van der Waals surface area (Å²) in [6.45, 7) is 17.4. The Hall–Kier alpha value is -0.613. The molecule has 0 aliphatic rings. The maximum absolute atomic E-state index is 6.22. The molecule has 0 radical (unpaired) electrons. The van der Waals surface area contributed by atoms with Crippen LogP contribution in [-0.2, 0) is 23.8 Å². The highest BCUT2D eigenvalue weighted by molar-refractivity contribution is 6.74. The molecule has 1 aromatic heterocycles. The monoisotopic (exact) mass is 282 g/mol. The Morgan fingerprint density at radius 3 is 2.32 bits per heavy atom. The zero-order valence-electron chi connectivity index (χ0n) is 13.7. The van der Waals surface area contributed by atoms with Gasteiger partial charge in [0, 0.05) is 5.69 Å². The highest BCUT2D eigenvalue weighted by Gasteiger charge is 2.36. The molecule has 0 unspecified atom stereocenters. The van der Waals surface area contributed by atoms with Gasteiger partial charge in [-0.05, 0) is 37.0 Å². The summed E-state index contributed by atoms with van der Waals surface area (Å²) in [6.07, 6.45) is 2.04. The Morgan fingerprint density at radius 2 is 1.84 bits per heavy atom. The first-order chi connectivity index (χ1) is 8.71. The van der Waals surface area contributed by atoms with E-state index in [2.05, 4.69) is 63.6 Å². The van der Waals surface area contributed by atoms with Crippen LogP contribution in [-0.4, -0.2) is 24.7 Å². The molecule has 0 aliphatic carbocycles. The van der Waals surface area contributed by atoms with Crippen LogP contribution < -0.4 is 0 Å². The normalized spacial score (nSPS) is 13.0. The van der Waals surface area contributed by atoms with Crippen molar-refractivity contribution in [1.82, 2.24) is 9.78 Å². The van der Waals surface area contributed by atoms with Gasteiger partial charge in [-0.25, -0.2) is 0 Å². The first-order valence-corrected chi connectivity index (χ1v) is 10.3. The molecular weight excluding hydrogens is 252 g/mol. The minimum absolute atomic E-state index is 0.277. The van der Waals surface area contributed by atoms with Crippen LogP contribution in [0, 0.1) is 0 Å². The molecular formula is C15H30N2OSi. The largest absolute Gasteiger partial charge is 0.415 e. The van der Waals surface area contributed by atoms with Crippen molar-refractivity contribution in [2.24, 2.45) is 0 Å². The van der Waals surface area contributed by atoms with E-state index in [0.717, 1.165) is 26.0 Å². The third kappa shape index (κ3) is 4.18. The van der Waals surface area contributed by atoms with Gasteiger partial charge < -0.3 is 4.43 Å². The van der Waals surface area contributed by atoms with Crippen LogP contribution in [0.25, 0.3) is 0 Å². The van der Waals surface area contributed by atoms with Crippen LogP contribution in [0.2, 0.25) is 18.1 Å². The summed E-state index contributed by atoms with van der Waals surface area (Å²) in [5.74, 6) is 0. The van der Waals surface area contributed by atoms with Crippen LogP contribution in [0.4, 0.5) is 0 Å². The van der Waals surface area contributed by atoms with Gasteiger partial charge in [0.15, 0.2) is 8.32 Å². The highest BCUT2D eigenvalue weighted by atomic mass is 28.4. The molecule has 1 heterocycles. The van der Waals surface area contributed by atoms with Crippen LogP contribution >= 0.6 is 0 Å². The summed E-state index contributed by atoms with van der Waals surface area (Å²) in [5.41, 5.74) is 2.50. The Morgan fingerprint density at radius 1 is 1.21 bits per heavy atom. The number of aromatic nitrogens is 2. The number of nitrogens with zero attached hydrogens (tertiary/aromatic N) is 2. The van der Waals surface area contributed by atoms with Crippen LogP contribution in [0.5, 0.6) is 0 Å². The molecule has 3 nitrogen and oxygen atoms in total. The standard InChI is InChI=1S/C15H30N2OSi/c1-8-13-12-14(9-2)17(16-13)10-11-18-19(6,7)15(3,4)5/h12H,8-11H2,1-7H3. The number of aryl methyl sites for hydroxylation is 2. The average Bonchev–Trinajstić information content (AvgIpc) is 2.70. The molecule has 0 aromatic carbocycles. The first-order valence-electron chi connectivity index (χ1n) is 7.40. The molecule has 0 spiro atoms. The van der Waals surface area contributed by atoms with Gasteiger partial charge in [-0.2, -0.15) is 5.10 Å². The molecule has 0 saturated heterocycles. The maximum atomic E-state index is 6.22. The second-order valence-corrected chi connectivity index (χ2v) is 11.5. The number of hydrogen-bond acceptors (Lipinski definition) is 2. The molecule has 0 aliphatic heterocycles. The summed E-state index contributed by atoms with van der Waals surface area (Å²) < 4.78 is 8.34. The summed E-state index contributed by atoms with van der Waals surface area (Å²) in [7, 11) is -1.63. The maximum Gasteiger partial charge on any atom is 0.192 e.